The van der Waals surface area contributed by atoms with E-state index in [1.54, 1.807) is 6.33 Å². The van der Waals surface area contributed by atoms with Crippen molar-refractivity contribution >= 4 is 27.4 Å². The fourth-order valence-corrected chi connectivity index (χ4v) is 5.24. The minimum Gasteiger partial charge on any atom is -0.356 e. The van der Waals surface area contributed by atoms with E-state index in [2.05, 4.69) is 30.8 Å². The van der Waals surface area contributed by atoms with Crippen LogP contribution in [0.15, 0.2) is 30.9 Å². The van der Waals surface area contributed by atoms with Gasteiger partial charge in [0.15, 0.2) is 0 Å². The number of thiophene rings is 1. The molecule has 3 aromatic heterocycles. The first-order valence-corrected chi connectivity index (χ1v) is 9.81. The molecule has 0 atom stereocenters. The van der Waals surface area contributed by atoms with Crippen LogP contribution in [0.2, 0.25) is 0 Å². The van der Waals surface area contributed by atoms with E-state index in [1.165, 1.54) is 40.0 Å². The van der Waals surface area contributed by atoms with Crippen LogP contribution in [0.4, 0.5) is 5.82 Å². The molecule has 5 nitrogen and oxygen atoms in total. The lowest BCUT2D eigenvalue weighted by atomic mass is 10.0. The Kier molecular flexibility index (Phi) is 3.87. The zero-order valence-corrected chi connectivity index (χ0v) is 15.0. The minimum absolute atomic E-state index is 0.964. The molecule has 0 unspecified atom stereocenters. The lowest BCUT2D eigenvalue weighted by Crippen LogP contribution is -2.29. The minimum atomic E-state index is 0.964. The van der Waals surface area contributed by atoms with E-state index in [0.717, 1.165) is 44.0 Å². The van der Waals surface area contributed by atoms with Crippen molar-refractivity contribution < 1.29 is 0 Å². The maximum atomic E-state index is 4.66. The summed E-state index contributed by atoms with van der Waals surface area (Å²) in [6.07, 6.45) is 9.18. The highest BCUT2D eigenvalue weighted by Gasteiger charge is 2.26. The van der Waals surface area contributed by atoms with Crippen molar-refractivity contribution in [1.82, 2.24) is 19.9 Å². The summed E-state index contributed by atoms with van der Waals surface area (Å²) in [5.41, 5.74) is 2.77. The van der Waals surface area contributed by atoms with Crippen LogP contribution in [-0.4, -0.2) is 39.5 Å². The first kappa shape index (κ1) is 15.2. The Morgan fingerprint density at radius 1 is 1.12 bits per heavy atom. The van der Waals surface area contributed by atoms with Gasteiger partial charge in [-0.15, -0.1) is 11.3 Å². The van der Waals surface area contributed by atoms with Crippen LogP contribution in [0.25, 0.3) is 10.2 Å². The highest BCUT2D eigenvalue weighted by Crippen LogP contribution is 2.39. The quantitative estimate of drug-likeness (QED) is 0.725. The van der Waals surface area contributed by atoms with Gasteiger partial charge in [-0.2, -0.15) is 0 Å². The van der Waals surface area contributed by atoms with Gasteiger partial charge >= 0.3 is 0 Å². The lowest BCUT2D eigenvalue weighted by molar-refractivity contribution is 0.249. The van der Waals surface area contributed by atoms with Gasteiger partial charge in [-0.25, -0.2) is 9.97 Å². The van der Waals surface area contributed by atoms with E-state index < -0.39 is 0 Å². The highest BCUT2D eigenvalue weighted by atomic mass is 32.1. The normalized spacial score (nSPS) is 18.0. The highest BCUT2D eigenvalue weighted by molar-refractivity contribution is 7.19. The van der Waals surface area contributed by atoms with E-state index in [-0.39, 0.29) is 0 Å². The van der Waals surface area contributed by atoms with E-state index in [4.69, 9.17) is 0 Å². The largest absolute Gasteiger partial charge is 0.356 e. The molecule has 0 radical (unpaired) electrons. The second kappa shape index (κ2) is 6.35. The molecule has 5 heterocycles. The van der Waals surface area contributed by atoms with E-state index in [0.29, 0.717) is 0 Å². The molecule has 0 aromatic carbocycles. The predicted molar refractivity (Wildman–Crippen MR) is 101 cm³/mol. The van der Waals surface area contributed by atoms with Crippen LogP contribution in [0, 0.1) is 0 Å². The van der Waals surface area contributed by atoms with E-state index >= 15 is 0 Å². The van der Waals surface area contributed by atoms with E-state index in [9.17, 15) is 0 Å². The molecule has 25 heavy (non-hydrogen) atoms. The molecule has 2 aliphatic heterocycles. The monoisotopic (exact) mass is 351 g/mol. The fourth-order valence-electron chi connectivity index (χ4n) is 4.02. The van der Waals surface area contributed by atoms with Gasteiger partial charge in [0.1, 0.15) is 17.0 Å². The Morgan fingerprint density at radius 2 is 2.04 bits per heavy atom. The third kappa shape index (κ3) is 2.79. The van der Waals surface area contributed by atoms with Crippen LogP contribution < -0.4 is 4.90 Å². The zero-order valence-electron chi connectivity index (χ0n) is 14.2. The van der Waals surface area contributed by atoms with E-state index in [1.807, 2.05) is 29.8 Å². The summed E-state index contributed by atoms with van der Waals surface area (Å²) in [7, 11) is 0. The van der Waals surface area contributed by atoms with Crippen molar-refractivity contribution in [2.45, 2.75) is 32.4 Å². The van der Waals surface area contributed by atoms with Crippen molar-refractivity contribution in [3.63, 3.8) is 0 Å². The molecule has 0 N–H and O–H groups in total. The summed E-state index contributed by atoms with van der Waals surface area (Å²) in [5, 5.41) is 1.32. The van der Waals surface area contributed by atoms with Crippen molar-refractivity contribution in [2.75, 3.05) is 24.5 Å². The summed E-state index contributed by atoms with van der Waals surface area (Å²) in [5.74, 6) is 1.17. The molecule has 0 bridgehead atoms. The van der Waals surface area contributed by atoms with Crippen molar-refractivity contribution in [3.8, 4) is 0 Å². The van der Waals surface area contributed by atoms with Crippen LogP contribution in [0.3, 0.4) is 0 Å². The Hall–Kier alpha value is -2.05. The summed E-state index contributed by atoms with van der Waals surface area (Å²) in [6, 6.07) is 4.17. The first-order valence-electron chi connectivity index (χ1n) is 9.00. The second-order valence-corrected chi connectivity index (χ2v) is 7.98. The predicted octanol–water partition coefficient (Wildman–Crippen LogP) is 3.24. The van der Waals surface area contributed by atoms with Crippen LogP contribution in [0.1, 0.15) is 28.8 Å². The molecule has 0 aliphatic carbocycles. The molecular weight excluding hydrogens is 330 g/mol. The molecule has 0 saturated carbocycles. The Morgan fingerprint density at radius 3 is 2.88 bits per heavy atom. The number of fused-ring (bicyclic) bond motifs is 3. The van der Waals surface area contributed by atoms with Crippen molar-refractivity contribution in [1.29, 1.82) is 0 Å². The maximum Gasteiger partial charge on any atom is 0.141 e. The lowest BCUT2D eigenvalue weighted by Gasteiger charge is -2.27. The molecule has 0 spiro atoms. The smallest absolute Gasteiger partial charge is 0.141 e. The summed E-state index contributed by atoms with van der Waals surface area (Å²) >= 11 is 1.85. The first-order chi connectivity index (χ1) is 12.4. The molecule has 128 valence electrons. The average molecular weight is 351 g/mol. The Labute approximate surface area is 151 Å². The van der Waals surface area contributed by atoms with Crippen LogP contribution in [0.5, 0.6) is 0 Å². The van der Waals surface area contributed by atoms with Gasteiger partial charge < -0.3 is 4.90 Å². The van der Waals surface area contributed by atoms with Gasteiger partial charge in [-0.1, -0.05) is 6.07 Å². The van der Waals surface area contributed by atoms with Gasteiger partial charge in [0, 0.05) is 50.0 Å². The third-order valence-corrected chi connectivity index (χ3v) is 6.36. The zero-order chi connectivity index (χ0) is 16.6. The fraction of sp³-hybridized carbons (Fsp3) is 0.421. The number of nitrogens with zero attached hydrogens (tertiary/aromatic N) is 5. The summed E-state index contributed by atoms with van der Waals surface area (Å²) in [4.78, 5) is 21.0. The standard InChI is InChI=1S/C19H21N5S/c1-2-8-24(7-1)18-17-15-5-9-23(11-14-4-3-6-20-10-14)12-16(15)25-19(17)22-13-21-18/h3-4,6,10,13H,1-2,5,7-9,11-12H2. The molecular formula is C19H21N5S. The summed E-state index contributed by atoms with van der Waals surface area (Å²) in [6.45, 7) is 5.31. The van der Waals surface area contributed by atoms with Gasteiger partial charge in [0.05, 0.1) is 5.39 Å². The number of pyridine rings is 1. The molecule has 1 saturated heterocycles. The molecule has 3 aromatic rings. The van der Waals surface area contributed by atoms with Crippen LogP contribution >= 0.6 is 11.3 Å². The molecule has 5 rings (SSSR count). The maximum absolute atomic E-state index is 4.66. The molecule has 1 fully saturated rings. The van der Waals surface area contributed by atoms with Gasteiger partial charge in [-0.3, -0.25) is 9.88 Å². The van der Waals surface area contributed by atoms with Crippen molar-refractivity contribution in [3.05, 3.63) is 46.9 Å². The third-order valence-electron chi connectivity index (χ3n) is 5.23. The Bertz CT molecular complexity index is 885. The number of hydrogen-bond donors (Lipinski definition) is 0. The molecule has 2 aliphatic rings. The van der Waals surface area contributed by atoms with Crippen molar-refractivity contribution in [2.24, 2.45) is 0 Å². The molecule has 6 heteroatoms. The Balaban J connectivity index is 1.46. The number of rotatable bonds is 3. The summed E-state index contributed by atoms with van der Waals surface area (Å²) < 4.78 is 0. The van der Waals surface area contributed by atoms with Crippen LogP contribution in [-0.2, 0) is 19.5 Å². The molecule has 0 amide bonds. The van der Waals surface area contributed by atoms with Gasteiger partial charge in [0.25, 0.3) is 0 Å². The number of aromatic nitrogens is 3. The van der Waals surface area contributed by atoms with Gasteiger partial charge in [0.2, 0.25) is 0 Å². The van der Waals surface area contributed by atoms with Gasteiger partial charge in [-0.05, 0) is 36.5 Å². The average Bonchev–Trinajstić information content (AvgIpc) is 3.29. The number of anilines is 1. The SMILES string of the molecule is c1cncc(CN2CCc3c(sc4ncnc(N5CCCC5)c34)C2)c1. The number of hydrogen-bond acceptors (Lipinski definition) is 6. The topological polar surface area (TPSA) is 45.2 Å². The second-order valence-electron chi connectivity index (χ2n) is 6.90.